The Labute approximate surface area is 168 Å². The highest BCUT2D eigenvalue weighted by Crippen LogP contribution is 2.24. The Bertz CT molecular complexity index is 940. The number of para-hydroxylation sites is 2. The minimum atomic E-state index is -0.893. The van der Waals surface area contributed by atoms with Crippen LogP contribution >= 0.6 is 11.8 Å². The van der Waals surface area contributed by atoms with Crippen LogP contribution in [0.2, 0.25) is 0 Å². The molecule has 6 nitrogen and oxygen atoms in total. The van der Waals surface area contributed by atoms with Gasteiger partial charge in [-0.2, -0.15) is 0 Å². The van der Waals surface area contributed by atoms with Gasteiger partial charge in [0.05, 0.1) is 11.0 Å². The Morgan fingerprint density at radius 3 is 2.61 bits per heavy atom. The van der Waals surface area contributed by atoms with Gasteiger partial charge >= 0.3 is 5.97 Å². The smallest absolute Gasteiger partial charge is 0.323 e. The molecule has 146 valence electrons. The molecule has 1 amide bonds. The number of thioether (sulfide) groups is 1. The number of carboxylic acid groups (broad SMARTS) is 1. The van der Waals surface area contributed by atoms with Crippen molar-refractivity contribution in [1.29, 1.82) is 0 Å². The molecule has 1 aromatic heterocycles. The normalized spacial score (nSPS) is 10.9. The van der Waals surface area contributed by atoms with E-state index in [2.05, 4.69) is 10.3 Å². The SMILES string of the molecule is O=C(O)Cn1c(SCCCNC(=O)CCc2ccccc2)nc2ccccc21. The quantitative estimate of drug-likeness (QED) is 0.405. The first kappa shape index (κ1) is 19.9. The van der Waals surface area contributed by atoms with Gasteiger partial charge in [0.25, 0.3) is 0 Å². The van der Waals surface area contributed by atoms with Crippen LogP contribution in [-0.4, -0.2) is 38.8 Å². The summed E-state index contributed by atoms with van der Waals surface area (Å²) in [4.78, 5) is 27.7. The lowest BCUT2D eigenvalue weighted by molar-refractivity contribution is -0.137. The van der Waals surface area contributed by atoms with E-state index in [-0.39, 0.29) is 12.5 Å². The molecule has 0 fully saturated rings. The van der Waals surface area contributed by atoms with E-state index in [0.717, 1.165) is 35.2 Å². The van der Waals surface area contributed by atoms with E-state index in [1.165, 1.54) is 11.8 Å². The minimum absolute atomic E-state index is 0.0481. The molecule has 0 radical (unpaired) electrons. The van der Waals surface area contributed by atoms with Crippen molar-refractivity contribution < 1.29 is 14.7 Å². The van der Waals surface area contributed by atoms with E-state index in [9.17, 15) is 9.59 Å². The van der Waals surface area contributed by atoms with Crippen LogP contribution in [0.1, 0.15) is 18.4 Å². The summed E-state index contributed by atoms with van der Waals surface area (Å²) >= 11 is 1.51. The molecule has 0 aliphatic rings. The third kappa shape index (κ3) is 5.60. The fourth-order valence-corrected chi connectivity index (χ4v) is 3.86. The second kappa shape index (κ2) is 9.94. The van der Waals surface area contributed by atoms with E-state index in [4.69, 9.17) is 5.11 Å². The lowest BCUT2D eigenvalue weighted by Gasteiger charge is -2.07. The standard InChI is InChI=1S/C21H23N3O3S/c25-19(12-11-16-7-2-1-3-8-16)22-13-6-14-28-21-23-17-9-4-5-10-18(17)24(21)15-20(26)27/h1-5,7-10H,6,11-15H2,(H,22,25)(H,26,27). The first-order valence-corrected chi connectivity index (χ1v) is 10.2. The van der Waals surface area contributed by atoms with Gasteiger partial charge in [-0.25, -0.2) is 4.98 Å². The molecule has 0 bridgehead atoms. The number of carbonyl (C=O) groups excluding carboxylic acids is 1. The molecule has 0 atom stereocenters. The average molecular weight is 398 g/mol. The average Bonchev–Trinajstić information content (AvgIpc) is 3.04. The number of fused-ring (bicyclic) bond motifs is 1. The van der Waals surface area contributed by atoms with Gasteiger partial charge < -0.3 is 15.0 Å². The Balaban J connectivity index is 1.44. The number of carboxylic acids is 1. The van der Waals surface area contributed by atoms with Crippen LogP contribution in [0.5, 0.6) is 0 Å². The summed E-state index contributed by atoms with van der Waals surface area (Å²) in [6.07, 6.45) is 2.00. The Morgan fingerprint density at radius 1 is 1.07 bits per heavy atom. The number of nitrogens with zero attached hydrogens (tertiary/aromatic N) is 2. The summed E-state index contributed by atoms with van der Waals surface area (Å²) in [5.41, 5.74) is 2.77. The predicted octanol–water partition coefficient (Wildman–Crippen LogP) is 3.35. The van der Waals surface area contributed by atoms with Crippen LogP contribution in [0.3, 0.4) is 0 Å². The molecule has 2 N–H and O–H groups in total. The summed E-state index contributed by atoms with van der Waals surface area (Å²) < 4.78 is 1.72. The highest BCUT2D eigenvalue weighted by Gasteiger charge is 2.13. The minimum Gasteiger partial charge on any atom is -0.480 e. The van der Waals surface area contributed by atoms with Gasteiger partial charge in [-0.15, -0.1) is 0 Å². The van der Waals surface area contributed by atoms with Crippen molar-refractivity contribution in [2.24, 2.45) is 0 Å². The van der Waals surface area contributed by atoms with Crippen LogP contribution < -0.4 is 5.32 Å². The molecule has 3 rings (SSSR count). The van der Waals surface area contributed by atoms with Gasteiger partial charge in [-0.1, -0.05) is 54.2 Å². The number of benzene rings is 2. The molecule has 0 aliphatic heterocycles. The molecule has 3 aromatic rings. The van der Waals surface area contributed by atoms with Crippen molar-refractivity contribution >= 4 is 34.7 Å². The van der Waals surface area contributed by atoms with Gasteiger partial charge in [0.15, 0.2) is 5.16 Å². The van der Waals surface area contributed by atoms with Crippen LogP contribution in [0.4, 0.5) is 0 Å². The topological polar surface area (TPSA) is 84.2 Å². The van der Waals surface area contributed by atoms with Crippen LogP contribution in [-0.2, 0) is 22.6 Å². The van der Waals surface area contributed by atoms with E-state index in [1.807, 2.05) is 54.6 Å². The van der Waals surface area contributed by atoms with Gasteiger partial charge in [-0.3, -0.25) is 9.59 Å². The number of aryl methyl sites for hydroxylation is 1. The maximum Gasteiger partial charge on any atom is 0.323 e. The van der Waals surface area contributed by atoms with Gasteiger partial charge in [0.1, 0.15) is 6.54 Å². The highest BCUT2D eigenvalue weighted by atomic mass is 32.2. The van der Waals surface area contributed by atoms with Crippen molar-refractivity contribution in [3.8, 4) is 0 Å². The van der Waals surface area contributed by atoms with Crippen molar-refractivity contribution in [3.05, 3.63) is 60.2 Å². The first-order chi connectivity index (χ1) is 13.6. The summed E-state index contributed by atoms with van der Waals surface area (Å²) in [6, 6.07) is 17.5. The monoisotopic (exact) mass is 397 g/mol. The number of rotatable bonds is 10. The fraction of sp³-hybridized carbons (Fsp3) is 0.286. The molecule has 0 aliphatic carbocycles. The molecule has 28 heavy (non-hydrogen) atoms. The zero-order valence-electron chi connectivity index (χ0n) is 15.5. The molecule has 0 saturated heterocycles. The molecule has 0 spiro atoms. The zero-order valence-corrected chi connectivity index (χ0v) is 16.3. The lowest BCUT2D eigenvalue weighted by Crippen LogP contribution is -2.25. The van der Waals surface area contributed by atoms with Crippen LogP contribution in [0, 0.1) is 0 Å². The zero-order chi connectivity index (χ0) is 19.8. The molecule has 0 saturated carbocycles. The Morgan fingerprint density at radius 2 is 1.82 bits per heavy atom. The third-order valence-electron chi connectivity index (χ3n) is 4.27. The predicted molar refractivity (Wildman–Crippen MR) is 110 cm³/mol. The van der Waals surface area contributed by atoms with E-state index < -0.39 is 5.97 Å². The summed E-state index contributed by atoms with van der Waals surface area (Å²) in [6.45, 7) is 0.485. The number of hydrogen-bond acceptors (Lipinski definition) is 4. The molecule has 0 unspecified atom stereocenters. The number of carbonyl (C=O) groups is 2. The number of amides is 1. The fourth-order valence-electron chi connectivity index (χ4n) is 2.91. The van der Waals surface area contributed by atoms with Gasteiger partial charge in [0.2, 0.25) is 5.91 Å². The second-order valence-corrected chi connectivity index (χ2v) is 7.46. The largest absolute Gasteiger partial charge is 0.480 e. The first-order valence-electron chi connectivity index (χ1n) is 9.24. The number of imidazole rings is 1. The number of nitrogens with one attached hydrogen (secondary N) is 1. The molecule has 2 aromatic carbocycles. The maximum atomic E-state index is 11.9. The van der Waals surface area contributed by atoms with E-state index >= 15 is 0 Å². The van der Waals surface area contributed by atoms with E-state index in [0.29, 0.717) is 18.1 Å². The van der Waals surface area contributed by atoms with Crippen molar-refractivity contribution in [2.45, 2.75) is 31.0 Å². The van der Waals surface area contributed by atoms with Crippen molar-refractivity contribution in [3.63, 3.8) is 0 Å². The molecular formula is C21H23N3O3S. The molecule has 1 heterocycles. The number of hydrogen-bond donors (Lipinski definition) is 2. The molecule has 7 heteroatoms. The van der Waals surface area contributed by atoms with Crippen molar-refractivity contribution in [2.75, 3.05) is 12.3 Å². The summed E-state index contributed by atoms with van der Waals surface area (Å²) in [7, 11) is 0. The maximum absolute atomic E-state index is 11.9. The van der Waals surface area contributed by atoms with Crippen molar-refractivity contribution in [1.82, 2.24) is 14.9 Å². The van der Waals surface area contributed by atoms with Crippen LogP contribution in [0.25, 0.3) is 11.0 Å². The number of aromatic nitrogens is 2. The summed E-state index contributed by atoms with van der Waals surface area (Å²) in [5, 5.41) is 12.8. The lowest BCUT2D eigenvalue weighted by atomic mass is 10.1. The highest BCUT2D eigenvalue weighted by molar-refractivity contribution is 7.99. The number of aliphatic carboxylic acids is 1. The summed E-state index contributed by atoms with van der Waals surface area (Å²) in [5.74, 6) is -0.0929. The third-order valence-corrected chi connectivity index (χ3v) is 5.33. The molecular weight excluding hydrogens is 374 g/mol. The van der Waals surface area contributed by atoms with Gasteiger partial charge in [0, 0.05) is 18.7 Å². The second-order valence-electron chi connectivity index (χ2n) is 6.40. The van der Waals surface area contributed by atoms with Gasteiger partial charge in [-0.05, 0) is 30.5 Å². The van der Waals surface area contributed by atoms with Crippen LogP contribution in [0.15, 0.2) is 59.8 Å². The Hall–Kier alpha value is -2.80. The Kier molecular flexibility index (Phi) is 7.08. The van der Waals surface area contributed by atoms with E-state index in [1.54, 1.807) is 4.57 Å².